The Bertz CT molecular complexity index is 1100. The van der Waals surface area contributed by atoms with Crippen LogP contribution >= 0.6 is 10.0 Å². The number of carbonyl (C=O) groups is 2. The number of amides is 3. The normalized spacial score (nSPS) is 18.9. The van der Waals surface area contributed by atoms with E-state index in [1.807, 2.05) is 20.8 Å². The summed E-state index contributed by atoms with van der Waals surface area (Å²) in [4.78, 5) is 28.2. The largest absolute Gasteiger partial charge is 0.323 e. The number of para-hydroxylation sites is 1. The Morgan fingerprint density at radius 2 is 1.91 bits per heavy atom. The molecule has 1 aliphatic carbocycles. The van der Waals surface area contributed by atoms with Gasteiger partial charge >= 0.3 is 6.03 Å². The Labute approximate surface area is 196 Å². The number of nitrogens with zero attached hydrogens (tertiary/aromatic N) is 2. The van der Waals surface area contributed by atoms with Crippen LogP contribution in [-0.4, -0.2) is 50.5 Å². The molecule has 0 unspecified atom stereocenters. The lowest BCUT2D eigenvalue weighted by Gasteiger charge is -2.53. The van der Waals surface area contributed by atoms with Crippen LogP contribution in [0.3, 0.4) is 0 Å². The summed E-state index contributed by atoms with van der Waals surface area (Å²) in [5, 5.41) is 13.3. The van der Waals surface area contributed by atoms with E-state index in [0.717, 1.165) is 36.1 Å². The molecule has 4 rings (SSSR count). The minimum Gasteiger partial charge on any atom is -0.309 e. The first-order valence-electron chi connectivity index (χ1n) is 11.4. The fraction of sp³-hybridized carbons (Fsp3) is 0.542. The Balaban J connectivity index is 1.56. The van der Waals surface area contributed by atoms with Crippen LogP contribution in [0.15, 0.2) is 18.2 Å². The molecule has 1 aliphatic heterocycles. The fourth-order valence-electron chi connectivity index (χ4n) is 4.96. The summed E-state index contributed by atoms with van der Waals surface area (Å²) in [6.45, 7) is 6.02. The summed E-state index contributed by atoms with van der Waals surface area (Å²) >= 11 is 0. The van der Waals surface area contributed by atoms with E-state index in [0.29, 0.717) is 12.2 Å². The number of rotatable bonds is 5. The molecule has 1 saturated carbocycles. The van der Waals surface area contributed by atoms with E-state index < -0.39 is 27.4 Å². The van der Waals surface area contributed by atoms with Crippen molar-refractivity contribution in [2.24, 2.45) is 0 Å². The molecule has 0 bridgehead atoms. The molecular weight excluding hydrogens is 441 g/mol. The minimum atomic E-state index is -1.10. The molecule has 180 valence electrons. The van der Waals surface area contributed by atoms with Gasteiger partial charge in [0.1, 0.15) is 5.82 Å². The zero-order valence-corrected chi connectivity index (χ0v) is 21.1. The molecule has 1 aromatic carbocycles. The third-order valence-electron chi connectivity index (χ3n) is 7.41. The highest BCUT2D eigenvalue weighted by Crippen LogP contribution is 2.60. The maximum Gasteiger partial charge on any atom is 0.323 e. The summed E-state index contributed by atoms with van der Waals surface area (Å²) in [5.74, 6) is 0.0435. The lowest BCUT2D eigenvalue weighted by Crippen LogP contribution is -2.51. The zero-order valence-electron chi connectivity index (χ0n) is 20.3. The van der Waals surface area contributed by atoms with E-state index in [1.54, 1.807) is 17.0 Å². The Kier molecular flexibility index (Phi) is 5.75. The fourth-order valence-corrected chi connectivity index (χ4v) is 7.08. The first kappa shape index (κ1) is 23.6. The molecule has 1 fully saturated rings. The third kappa shape index (κ3) is 3.70. The lowest BCUT2D eigenvalue weighted by molar-refractivity contribution is -0.120. The third-order valence-corrected chi connectivity index (χ3v) is 10.3. The molecule has 0 radical (unpaired) electrons. The van der Waals surface area contributed by atoms with E-state index >= 15 is 0 Å². The van der Waals surface area contributed by atoms with Gasteiger partial charge in [0.05, 0.1) is 28.2 Å². The molecular formula is C24H34FN5O2S. The molecule has 33 heavy (non-hydrogen) atoms. The van der Waals surface area contributed by atoms with Gasteiger partial charge in [-0.2, -0.15) is 5.10 Å². The molecule has 0 saturated heterocycles. The Hall–Kier alpha value is -2.55. The molecule has 2 aliphatic rings. The second kappa shape index (κ2) is 8.04. The van der Waals surface area contributed by atoms with Crippen molar-refractivity contribution >= 4 is 33.5 Å². The number of benzene rings is 1. The molecule has 0 atom stereocenters. The number of anilines is 2. The van der Waals surface area contributed by atoms with Gasteiger partial charge in [0.25, 0.3) is 0 Å². The number of halogens is 1. The van der Waals surface area contributed by atoms with Gasteiger partial charge < -0.3 is 15.5 Å². The summed E-state index contributed by atoms with van der Waals surface area (Å²) in [7, 11) is -1.10. The number of aryl methyl sites for hydroxylation is 1. The summed E-state index contributed by atoms with van der Waals surface area (Å²) in [6.07, 6.45) is 10.0. The highest BCUT2D eigenvalue weighted by atomic mass is 32.3. The van der Waals surface area contributed by atoms with Crippen molar-refractivity contribution in [2.75, 3.05) is 29.4 Å². The molecule has 2 heterocycles. The molecule has 3 amide bonds. The minimum absolute atomic E-state index is 0.0187. The number of aromatic nitrogens is 2. The quantitative estimate of drug-likeness (QED) is 0.572. The average molecular weight is 476 g/mol. The highest BCUT2D eigenvalue weighted by molar-refractivity contribution is 8.33. The van der Waals surface area contributed by atoms with Gasteiger partial charge in [-0.25, -0.2) is 19.2 Å². The number of hydrogen-bond acceptors (Lipinski definition) is 3. The Morgan fingerprint density at radius 1 is 1.21 bits per heavy atom. The smallest absolute Gasteiger partial charge is 0.309 e. The van der Waals surface area contributed by atoms with Crippen molar-refractivity contribution in [3.8, 4) is 0 Å². The van der Waals surface area contributed by atoms with Crippen LogP contribution in [0.5, 0.6) is 0 Å². The topological polar surface area (TPSA) is 90.1 Å². The number of aromatic amines is 1. The van der Waals surface area contributed by atoms with Crippen LogP contribution in [0.4, 0.5) is 20.7 Å². The maximum absolute atomic E-state index is 14.4. The van der Waals surface area contributed by atoms with Crippen molar-refractivity contribution in [3.05, 3.63) is 40.8 Å². The van der Waals surface area contributed by atoms with Crippen molar-refractivity contribution in [2.45, 2.75) is 63.3 Å². The van der Waals surface area contributed by atoms with Crippen molar-refractivity contribution in [3.63, 3.8) is 0 Å². The summed E-state index contributed by atoms with van der Waals surface area (Å²) < 4.78 is 14.1. The van der Waals surface area contributed by atoms with Gasteiger partial charge in [0, 0.05) is 5.56 Å². The maximum atomic E-state index is 14.4. The number of carbonyl (C=O) groups excluding carboxylic acids is 2. The molecule has 0 spiro atoms. The van der Waals surface area contributed by atoms with Gasteiger partial charge in [-0.15, -0.1) is 0 Å². The monoisotopic (exact) mass is 475 g/mol. The van der Waals surface area contributed by atoms with Crippen molar-refractivity contribution < 1.29 is 14.0 Å². The van der Waals surface area contributed by atoms with Crippen LogP contribution in [0.25, 0.3) is 0 Å². The van der Waals surface area contributed by atoms with Gasteiger partial charge in [-0.1, -0.05) is 19.1 Å². The number of urea groups is 1. The number of hydrogen-bond donors (Lipinski definition) is 3. The van der Waals surface area contributed by atoms with Gasteiger partial charge in [-0.3, -0.25) is 9.89 Å². The number of nitrogens with one attached hydrogen (secondary N) is 3. The van der Waals surface area contributed by atoms with Crippen molar-refractivity contribution in [1.82, 2.24) is 15.1 Å². The Morgan fingerprint density at radius 3 is 2.48 bits per heavy atom. The van der Waals surface area contributed by atoms with E-state index in [2.05, 4.69) is 39.6 Å². The first-order valence-corrected chi connectivity index (χ1v) is 14.2. The number of fused-ring (bicyclic) bond motifs is 1. The van der Waals surface area contributed by atoms with E-state index in [4.69, 9.17) is 0 Å². The SMILES string of the molecule is CCc1cccc(F)c1NC(=O)N1Cc2c(NC(=O)C3(S(C)(C)C)CCC3)n[nH]c2C1(C)C. The van der Waals surface area contributed by atoms with Crippen molar-refractivity contribution in [1.29, 1.82) is 0 Å². The predicted octanol–water partition coefficient (Wildman–Crippen LogP) is 4.95. The lowest BCUT2D eigenvalue weighted by atomic mass is 9.83. The second-order valence-corrected chi connectivity index (χ2v) is 14.7. The first-order chi connectivity index (χ1) is 15.4. The standard InChI is InChI=1S/C24H34FN5O2S/c1-7-15-10-8-11-17(25)18(15)26-22(32)30-14-16-19(23(30,2)3)28-29-20(16)27-21(31)24(12-9-13-24)33(4,5)6/h8,10-11H,7,9,12-14H2,1-6H3,(H,26,32)(H2,27,28,29,31). The van der Waals surface area contributed by atoms with Crippen LogP contribution in [0.1, 0.15) is 56.9 Å². The van der Waals surface area contributed by atoms with Crippen LogP contribution in [-0.2, 0) is 23.3 Å². The van der Waals surface area contributed by atoms with E-state index in [-0.39, 0.29) is 22.9 Å². The molecule has 9 heteroatoms. The summed E-state index contributed by atoms with van der Waals surface area (Å²) in [5.41, 5.74) is 1.83. The van der Waals surface area contributed by atoms with Gasteiger partial charge in [-0.05, 0) is 69.9 Å². The predicted molar refractivity (Wildman–Crippen MR) is 133 cm³/mol. The zero-order chi connectivity index (χ0) is 24.2. The van der Waals surface area contributed by atoms with E-state index in [9.17, 15) is 14.0 Å². The van der Waals surface area contributed by atoms with Gasteiger partial charge in [0.15, 0.2) is 5.82 Å². The number of H-pyrrole nitrogens is 1. The molecule has 2 aromatic rings. The molecule has 7 nitrogen and oxygen atoms in total. The van der Waals surface area contributed by atoms with Crippen LogP contribution in [0.2, 0.25) is 0 Å². The van der Waals surface area contributed by atoms with Gasteiger partial charge in [0.2, 0.25) is 5.91 Å². The highest BCUT2D eigenvalue weighted by Gasteiger charge is 2.51. The second-order valence-electron chi connectivity index (χ2n) is 10.3. The summed E-state index contributed by atoms with van der Waals surface area (Å²) in [6, 6.07) is 4.40. The van der Waals surface area contributed by atoms with Crippen LogP contribution < -0.4 is 10.6 Å². The average Bonchev–Trinajstić information content (AvgIpc) is 3.19. The van der Waals surface area contributed by atoms with E-state index in [1.165, 1.54) is 6.07 Å². The molecule has 3 N–H and O–H groups in total. The molecule has 1 aromatic heterocycles. The van der Waals surface area contributed by atoms with Crippen LogP contribution in [0, 0.1) is 5.82 Å².